The Hall–Kier alpha value is -4.19. The van der Waals surface area contributed by atoms with Crippen LogP contribution in [0.4, 0.5) is 0 Å². The number of hydrogen-bond donors (Lipinski definition) is 16. The van der Waals surface area contributed by atoms with Gasteiger partial charge in [-0.2, -0.15) is 0 Å². The van der Waals surface area contributed by atoms with Crippen LogP contribution in [0, 0.1) is 54.7 Å². The number of nitrogens with one attached hydrogen (secondary N) is 15. The SMILES string of the molecule is C.C.CC.CC(C)(C)CC(=O)NCCNC(C)(C)C.CC(C)(C)CC(=O)NNC(C)(C)C.CC(C)(C)CCC(=O)NCCNC(C)(C)C.CC(C)(C)CCC(=O)NCCNC(C)(C)C.CC(C)(C)CCNC(=O)CN(N)C(C)(C)C.CC(C)(C)CCNC(C)(C)C.CC(C)(C)CCOCCC(=O)NNC(C)(C)C.CC(C)(C)CCOCCNC(C)(C)C.CCC.C[C@H](C(=O)NCCNC(C)(C)C)C(C)(C)C. The van der Waals surface area contributed by atoms with Crippen LogP contribution in [0.3, 0.4) is 0 Å². The molecule has 26 heteroatoms. The van der Waals surface area contributed by atoms with Gasteiger partial charge in [-0.1, -0.05) is 243 Å². The molecule has 0 spiro atoms. The molecule has 0 aliphatic heterocycles. The molecule has 0 saturated carbocycles. The first-order valence-electron chi connectivity index (χ1n) is 53.0. The van der Waals surface area contributed by atoms with Crippen molar-refractivity contribution in [2.75, 3.05) is 105 Å². The van der Waals surface area contributed by atoms with Gasteiger partial charge in [0.2, 0.25) is 41.4 Å². The highest BCUT2D eigenvalue weighted by molar-refractivity contribution is 5.79. The van der Waals surface area contributed by atoms with Gasteiger partial charge in [-0.25, -0.2) is 15.9 Å². The normalized spacial score (nSPS) is 12.6. The molecule has 0 bridgehead atoms. The van der Waals surface area contributed by atoms with Gasteiger partial charge in [0.05, 0.1) is 26.2 Å². The van der Waals surface area contributed by atoms with E-state index in [9.17, 15) is 33.6 Å². The minimum atomic E-state index is -0.179. The molecule has 0 aromatic carbocycles. The molecular weight excluding hydrogens is 1760 g/mol. The minimum Gasteiger partial charge on any atom is -0.381 e. The Morgan fingerprint density at radius 2 is 0.511 bits per heavy atom. The van der Waals surface area contributed by atoms with Crippen LogP contribution in [0.25, 0.3) is 0 Å². The van der Waals surface area contributed by atoms with Gasteiger partial charge >= 0.3 is 0 Å². The van der Waals surface area contributed by atoms with Crippen molar-refractivity contribution < 1.29 is 43.0 Å². The molecule has 0 rings (SSSR count). The van der Waals surface area contributed by atoms with E-state index in [1.807, 2.05) is 104 Å². The van der Waals surface area contributed by atoms with E-state index in [0.717, 1.165) is 84.6 Å². The van der Waals surface area contributed by atoms with E-state index < -0.39 is 0 Å². The number of hydrazine groups is 3. The van der Waals surface area contributed by atoms with E-state index in [4.69, 9.17) is 15.3 Å². The third kappa shape index (κ3) is 178. The summed E-state index contributed by atoms with van der Waals surface area (Å²) >= 11 is 0. The molecule has 7 amide bonds. The highest BCUT2D eigenvalue weighted by Crippen LogP contribution is 2.27. The fourth-order valence-corrected chi connectivity index (χ4v) is 9.35. The summed E-state index contributed by atoms with van der Waals surface area (Å²) in [4.78, 5) is 80.5. The van der Waals surface area contributed by atoms with Crippen molar-refractivity contribution in [2.24, 2.45) is 60.5 Å². The predicted octanol–water partition coefficient (Wildman–Crippen LogP) is 23.7. The average Bonchev–Trinajstić information content (AvgIpc) is 0.866. The second kappa shape index (κ2) is 79.9. The molecule has 141 heavy (non-hydrogen) atoms. The first kappa shape index (κ1) is 165. The van der Waals surface area contributed by atoms with Crippen molar-refractivity contribution in [3.8, 4) is 0 Å². The van der Waals surface area contributed by atoms with Gasteiger partial charge < -0.3 is 68.0 Å². The van der Waals surface area contributed by atoms with Gasteiger partial charge in [-0.3, -0.25) is 50.3 Å². The summed E-state index contributed by atoms with van der Waals surface area (Å²) in [6.07, 6.45) is 10.2. The Kier molecular flexibility index (Phi) is 93.2. The van der Waals surface area contributed by atoms with Gasteiger partial charge in [-0.15, -0.1) is 0 Å². The van der Waals surface area contributed by atoms with E-state index >= 15 is 0 Å². The molecule has 0 radical (unpaired) electrons. The van der Waals surface area contributed by atoms with Crippen molar-refractivity contribution in [1.29, 1.82) is 0 Å². The minimum absolute atomic E-state index is 0. The third-order valence-corrected chi connectivity index (χ3v) is 18.1. The topological polar surface area (TPSA) is 348 Å². The number of carbonyl (C=O) groups is 7. The Morgan fingerprint density at radius 3 is 0.780 bits per heavy atom. The lowest BCUT2D eigenvalue weighted by Gasteiger charge is -2.30. The summed E-state index contributed by atoms with van der Waals surface area (Å²) in [6.45, 7) is 137. The molecule has 1 atom stereocenters. The Morgan fingerprint density at radius 1 is 0.262 bits per heavy atom. The maximum atomic E-state index is 11.8. The zero-order valence-corrected chi connectivity index (χ0v) is 104. The fourth-order valence-electron chi connectivity index (χ4n) is 9.35. The molecule has 26 nitrogen and oxygen atoms in total. The number of amides is 7. The molecular formula is C115H259N17O9. The van der Waals surface area contributed by atoms with Gasteiger partial charge in [0, 0.05) is 160 Å². The summed E-state index contributed by atoms with van der Waals surface area (Å²) < 4.78 is 11.0. The number of ether oxygens (including phenoxy) is 2. The highest BCUT2D eigenvalue weighted by atomic mass is 16.5. The van der Waals surface area contributed by atoms with Crippen LogP contribution in [0.15, 0.2) is 0 Å². The third-order valence-electron chi connectivity index (χ3n) is 18.1. The molecule has 0 aromatic rings. The van der Waals surface area contributed by atoms with Crippen LogP contribution in [0.2, 0.25) is 0 Å². The van der Waals surface area contributed by atoms with E-state index in [1.165, 1.54) is 12.8 Å². The summed E-state index contributed by atoms with van der Waals surface area (Å²) in [5.74, 6) is 6.42. The van der Waals surface area contributed by atoms with Crippen LogP contribution in [0.1, 0.15) is 500 Å². The smallest absolute Gasteiger partial charge is 0.236 e. The molecule has 0 heterocycles. The van der Waals surface area contributed by atoms with Crippen LogP contribution in [-0.4, -0.2) is 201 Å². The molecule has 17 N–H and O–H groups in total. The predicted molar refractivity (Wildman–Crippen MR) is 622 cm³/mol. The number of nitrogens with zero attached hydrogens (tertiary/aromatic N) is 1. The Bertz CT molecular complexity index is 2920. The first-order valence-corrected chi connectivity index (χ1v) is 53.0. The monoisotopic (exact) mass is 2020 g/mol. The van der Waals surface area contributed by atoms with Crippen molar-refractivity contribution in [1.82, 2.24) is 85.2 Å². The molecule has 0 saturated heterocycles. The molecule has 858 valence electrons. The van der Waals surface area contributed by atoms with E-state index in [-0.39, 0.29) is 156 Å². The summed E-state index contributed by atoms with van der Waals surface area (Å²) in [5, 5.41) is 36.4. The lowest BCUT2D eigenvalue weighted by molar-refractivity contribution is -0.127. The van der Waals surface area contributed by atoms with Gasteiger partial charge in [-0.05, 0) is 281 Å². The maximum Gasteiger partial charge on any atom is 0.236 e. The Balaban J connectivity index is -0.000000118. The van der Waals surface area contributed by atoms with Crippen molar-refractivity contribution in [3.63, 3.8) is 0 Å². The number of nitrogens with two attached hydrogens (primary N) is 1. The number of carbonyl (C=O) groups excluding carboxylic acids is 7. The second-order valence-corrected chi connectivity index (χ2v) is 57.0. The first-order chi connectivity index (χ1) is 61.4. The molecule has 0 unspecified atom stereocenters. The zero-order chi connectivity index (χ0) is 113. The van der Waals surface area contributed by atoms with E-state index in [0.29, 0.717) is 88.9 Å². The quantitative estimate of drug-likeness (QED) is 0.0156. The van der Waals surface area contributed by atoms with Gasteiger partial charge in [0.15, 0.2) is 0 Å². The van der Waals surface area contributed by atoms with Crippen LogP contribution in [0.5, 0.6) is 0 Å². The largest absolute Gasteiger partial charge is 0.381 e. The molecule has 0 aliphatic carbocycles. The fraction of sp³-hybridized carbons (Fsp3) is 0.939. The molecule has 0 fully saturated rings. The van der Waals surface area contributed by atoms with E-state index in [1.54, 1.807) is 5.01 Å². The second-order valence-electron chi connectivity index (χ2n) is 57.0. The van der Waals surface area contributed by atoms with E-state index in [2.05, 4.69) is 385 Å². The maximum absolute atomic E-state index is 11.8. The Labute approximate surface area is 880 Å². The summed E-state index contributed by atoms with van der Waals surface area (Å²) in [5.41, 5.74) is 13.8. The number of hydrogen-bond acceptors (Lipinski definition) is 19. The summed E-state index contributed by atoms with van der Waals surface area (Å²) in [6, 6.07) is 0. The lowest BCUT2D eigenvalue weighted by atomic mass is 9.81. The van der Waals surface area contributed by atoms with Crippen LogP contribution in [-0.2, 0) is 43.0 Å². The zero-order valence-electron chi connectivity index (χ0n) is 104. The van der Waals surface area contributed by atoms with Gasteiger partial charge in [0.25, 0.3) is 0 Å². The molecule has 0 aliphatic rings. The summed E-state index contributed by atoms with van der Waals surface area (Å²) in [7, 11) is 0. The molecule has 0 aromatic heterocycles. The van der Waals surface area contributed by atoms with Gasteiger partial charge in [0.1, 0.15) is 0 Å². The van der Waals surface area contributed by atoms with Crippen molar-refractivity contribution in [2.45, 2.75) is 550 Å². The van der Waals surface area contributed by atoms with Crippen LogP contribution >= 0.6 is 0 Å². The van der Waals surface area contributed by atoms with Crippen LogP contribution < -0.4 is 86.0 Å². The average molecular weight is 2020 g/mol. The highest BCUT2D eigenvalue weighted by Gasteiger charge is 2.28. The number of rotatable bonds is 37. The standard InChI is InChI=1S/C13H28N2O2.3C13H28N2O.C12H27N3O.C12H26N2O.C12H27NO.C10H22N2O.C10H23N.C3H8.C2H6.2CH4/c1-12(2,3)8-10-17-9-7-11(16)14-15-13(4,5)6;1-10(12(2,3)4)11(16)14-8-9-15-13(5,6)7;2*1-12(2,3)8-7-11(16)14-9-10-15-13(4,5)6;1-11(2,3)7-8-14-10(16)9-15(13)12(4,5)6;1-11(2,3)9-10(15)13-7-8-14-12(4,5)6;1-11(2,3)7-9-14-10-8-13-12(4,5)6;1-9(2,3)7-8(13)11-12-10(4,5)6;1-9(2,3)7-8-11-10(4,5)6;1-3-2;1-2;;/h15H,7-10H2,1-6H3,(H,14,16);10,15H,8-9H2,1-7H3,(H,14,16);2*15H,7-10H2,1-6H3,(H,14,16);7-9,13H2,1-6H3,(H,14,16);14H,7-9H2,1-6H3,(H,13,15);13H,7-10H2,1-6H3;12H,7H2,1-6H3,(H,11,13);11H,7-8H2,1-6H3;3H2,1-2H3;1-2H3;2*1H4/t;10-;;;;;;;;;;;/m.1.........../s1. The van der Waals surface area contributed by atoms with Crippen molar-refractivity contribution >= 4 is 41.4 Å². The van der Waals surface area contributed by atoms with Crippen molar-refractivity contribution in [3.05, 3.63) is 0 Å². The lowest BCUT2D eigenvalue weighted by Crippen LogP contribution is -2.51.